The Morgan fingerprint density at radius 1 is 1.00 bits per heavy atom. The topological polar surface area (TPSA) is 17.3 Å². The maximum atomic E-state index is 4.55. The number of rotatable bonds is 0. The van der Waals surface area contributed by atoms with Gasteiger partial charge in [-0.15, -0.1) is 0 Å². The third kappa shape index (κ3) is 0.946. The summed E-state index contributed by atoms with van der Waals surface area (Å²) in [6.45, 7) is 0. The number of hydrogen-bond donors (Lipinski definition) is 0. The molecule has 0 saturated heterocycles. The fourth-order valence-electron chi connectivity index (χ4n) is 2.28. The monoisotopic (exact) mass is 272 g/mol. The van der Waals surface area contributed by atoms with E-state index in [4.69, 9.17) is 0 Å². The molecule has 0 unspecified atom stereocenters. The van der Waals surface area contributed by atoms with Gasteiger partial charge in [0.05, 0.1) is 0 Å². The van der Waals surface area contributed by atoms with Crippen molar-refractivity contribution in [1.29, 1.82) is 0 Å². The van der Waals surface area contributed by atoms with Crippen molar-refractivity contribution in [3.05, 3.63) is 47.7 Å². The Hall–Kier alpha value is -1.57. The predicted octanol–water partition coefficient (Wildman–Crippen LogP) is 2.70. The van der Waals surface area contributed by atoms with Gasteiger partial charge >= 0.3 is 97.8 Å². The molecule has 2 nitrogen and oxygen atoms in total. The Morgan fingerprint density at radius 2 is 1.88 bits per heavy atom. The van der Waals surface area contributed by atoms with Crippen molar-refractivity contribution in [3.8, 4) is 0 Å². The molecule has 0 aliphatic carbocycles. The summed E-state index contributed by atoms with van der Waals surface area (Å²) in [5.41, 5.74) is 3.74. The minimum absolute atomic E-state index is 0.388. The molecule has 0 radical (unpaired) electrons. The fourth-order valence-corrected chi connectivity index (χ4v) is 4.01. The number of benzene rings is 1. The Kier molecular flexibility index (Phi) is 1.59. The van der Waals surface area contributed by atoms with Gasteiger partial charge in [0.1, 0.15) is 0 Å². The molecule has 3 heterocycles. The molecular weight excluding hydrogens is 263 g/mol. The summed E-state index contributed by atoms with van der Waals surface area (Å²) in [5.74, 6) is 0. The molecule has 16 heavy (non-hydrogen) atoms. The van der Waals surface area contributed by atoms with Crippen LogP contribution < -0.4 is 0 Å². The van der Waals surface area contributed by atoms with Crippen LogP contribution in [0.15, 0.2) is 47.7 Å². The van der Waals surface area contributed by atoms with E-state index in [1.807, 2.05) is 0 Å². The SMILES string of the molecule is c1ccc2c(c1)c1nc[se]c1c1cccn21. The van der Waals surface area contributed by atoms with Crippen LogP contribution in [0.5, 0.6) is 0 Å². The van der Waals surface area contributed by atoms with Crippen molar-refractivity contribution in [2.75, 3.05) is 0 Å². The Bertz CT molecular complexity index is 741. The normalized spacial score (nSPS) is 11.8. The van der Waals surface area contributed by atoms with Gasteiger partial charge in [0.25, 0.3) is 0 Å². The summed E-state index contributed by atoms with van der Waals surface area (Å²) in [4.78, 5) is 4.55. The molecular formula is C13H8N2Se. The van der Waals surface area contributed by atoms with Crippen LogP contribution in [0.3, 0.4) is 0 Å². The Labute approximate surface area is 97.9 Å². The quantitative estimate of drug-likeness (QED) is 0.449. The number of nitrogens with zero attached hydrogens (tertiary/aromatic N) is 2. The van der Waals surface area contributed by atoms with Gasteiger partial charge in [-0.3, -0.25) is 0 Å². The van der Waals surface area contributed by atoms with Gasteiger partial charge in [0, 0.05) is 0 Å². The van der Waals surface area contributed by atoms with Gasteiger partial charge in [0.2, 0.25) is 0 Å². The average Bonchev–Trinajstić information content (AvgIpc) is 2.98. The summed E-state index contributed by atoms with van der Waals surface area (Å²) in [7, 11) is 0. The molecule has 76 valence electrons. The van der Waals surface area contributed by atoms with E-state index in [1.165, 1.54) is 26.2 Å². The summed E-state index contributed by atoms with van der Waals surface area (Å²) in [5, 5.41) is 3.33. The van der Waals surface area contributed by atoms with E-state index in [0.717, 1.165) is 0 Å². The Morgan fingerprint density at radius 3 is 2.88 bits per heavy atom. The van der Waals surface area contributed by atoms with Crippen molar-refractivity contribution in [2.45, 2.75) is 0 Å². The molecule has 0 atom stereocenters. The van der Waals surface area contributed by atoms with Crippen LogP contribution in [0.2, 0.25) is 0 Å². The first kappa shape index (κ1) is 8.57. The maximum absolute atomic E-state index is 4.55. The van der Waals surface area contributed by atoms with Crippen molar-refractivity contribution in [1.82, 2.24) is 9.38 Å². The van der Waals surface area contributed by atoms with Crippen LogP contribution in [0, 0.1) is 0 Å². The van der Waals surface area contributed by atoms with E-state index in [0.29, 0.717) is 14.5 Å². The molecule has 1 aromatic carbocycles. The predicted molar refractivity (Wildman–Crippen MR) is 67.1 cm³/mol. The molecule has 4 aromatic rings. The van der Waals surface area contributed by atoms with E-state index in [9.17, 15) is 0 Å². The molecule has 0 aliphatic rings. The molecule has 0 N–H and O–H groups in total. The van der Waals surface area contributed by atoms with Gasteiger partial charge in [-0.2, -0.15) is 0 Å². The van der Waals surface area contributed by atoms with Crippen molar-refractivity contribution in [3.63, 3.8) is 0 Å². The first-order valence-corrected chi connectivity index (χ1v) is 7.01. The van der Waals surface area contributed by atoms with Crippen LogP contribution >= 0.6 is 0 Å². The van der Waals surface area contributed by atoms with Crippen LogP contribution in [-0.2, 0) is 0 Å². The Balaban J connectivity index is 2.51. The summed E-state index contributed by atoms with van der Waals surface area (Å²) >= 11 is 0.388. The molecule has 0 amide bonds. The molecule has 0 aliphatic heterocycles. The minimum atomic E-state index is 0.388. The van der Waals surface area contributed by atoms with E-state index in [1.54, 1.807) is 0 Å². The van der Waals surface area contributed by atoms with Crippen molar-refractivity contribution >= 4 is 40.7 Å². The van der Waals surface area contributed by atoms with Crippen LogP contribution in [0.4, 0.5) is 0 Å². The third-order valence-electron chi connectivity index (χ3n) is 2.97. The molecule has 3 aromatic heterocycles. The second-order valence-corrected chi connectivity index (χ2v) is 5.60. The van der Waals surface area contributed by atoms with Gasteiger partial charge in [-0.05, 0) is 0 Å². The molecule has 4 rings (SSSR count). The second-order valence-electron chi connectivity index (χ2n) is 3.81. The van der Waals surface area contributed by atoms with Crippen LogP contribution in [-0.4, -0.2) is 23.9 Å². The first-order chi connectivity index (χ1) is 7.95. The molecule has 0 saturated carbocycles. The standard InChI is InChI=1S/C13H8N2Se/c1-2-5-10-9(4-1)12-13(16-8-14-12)11-6-3-7-15(10)11/h1-8H. The fraction of sp³-hybridized carbons (Fsp3) is 0. The van der Waals surface area contributed by atoms with E-state index >= 15 is 0 Å². The van der Waals surface area contributed by atoms with Crippen LogP contribution in [0.25, 0.3) is 26.2 Å². The molecule has 0 spiro atoms. The number of fused-ring (bicyclic) bond motifs is 6. The van der Waals surface area contributed by atoms with Crippen LogP contribution in [0.1, 0.15) is 0 Å². The van der Waals surface area contributed by atoms with E-state index in [2.05, 4.69) is 57.1 Å². The number of para-hydroxylation sites is 1. The van der Waals surface area contributed by atoms with Gasteiger partial charge < -0.3 is 0 Å². The molecule has 0 bridgehead atoms. The van der Waals surface area contributed by atoms with Gasteiger partial charge in [0.15, 0.2) is 0 Å². The van der Waals surface area contributed by atoms with E-state index in [-0.39, 0.29) is 0 Å². The number of hydrogen-bond acceptors (Lipinski definition) is 1. The zero-order valence-electron chi connectivity index (χ0n) is 8.42. The average molecular weight is 271 g/mol. The van der Waals surface area contributed by atoms with Crippen molar-refractivity contribution < 1.29 is 0 Å². The number of pyridine rings is 1. The third-order valence-corrected chi connectivity index (χ3v) is 4.75. The summed E-state index contributed by atoms with van der Waals surface area (Å²) in [6.07, 6.45) is 2.13. The first-order valence-electron chi connectivity index (χ1n) is 5.16. The molecule has 0 fully saturated rings. The molecule has 3 heteroatoms. The van der Waals surface area contributed by atoms with E-state index < -0.39 is 0 Å². The second kappa shape index (κ2) is 2.97. The zero-order valence-corrected chi connectivity index (χ0v) is 10.1. The van der Waals surface area contributed by atoms with Gasteiger partial charge in [-0.1, -0.05) is 0 Å². The zero-order chi connectivity index (χ0) is 10.5. The summed E-state index contributed by atoms with van der Waals surface area (Å²) < 4.78 is 3.68. The number of aromatic nitrogens is 2. The summed E-state index contributed by atoms with van der Waals surface area (Å²) in [6, 6.07) is 12.8. The van der Waals surface area contributed by atoms with Crippen molar-refractivity contribution in [2.24, 2.45) is 0 Å². The van der Waals surface area contributed by atoms with Gasteiger partial charge in [-0.25, -0.2) is 0 Å².